The van der Waals surface area contributed by atoms with Crippen LogP contribution in [0.2, 0.25) is 0 Å². The third-order valence-corrected chi connectivity index (χ3v) is 5.20. The minimum Gasteiger partial charge on any atom is -0.474 e. The quantitative estimate of drug-likeness (QED) is 0.552. The van der Waals surface area contributed by atoms with Crippen molar-refractivity contribution in [3.05, 3.63) is 76.2 Å². The van der Waals surface area contributed by atoms with Gasteiger partial charge in [-0.25, -0.2) is 14.4 Å². The summed E-state index contributed by atoms with van der Waals surface area (Å²) >= 11 is 1.29. The second-order valence-corrected chi connectivity index (χ2v) is 8.60. The van der Waals surface area contributed by atoms with Crippen molar-refractivity contribution in [2.45, 2.75) is 37.8 Å². The van der Waals surface area contributed by atoms with E-state index in [1.807, 2.05) is 6.92 Å². The summed E-state index contributed by atoms with van der Waals surface area (Å²) in [5.74, 6) is 0.696. The lowest BCUT2D eigenvalue weighted by Crippen LogP contribution is -2.28. The standard InChI is InChI=1S/C22H24FN3O3S/c1-15-12-17(13-25-19(15)29-14-22(2,3)28)26-10-9-24-20(21(26)27)30-11-8-16-6-4-5-7-18(16)23/h4-7,9-10,12-13,28H,8,11,14H2,1-3H3. The van der Waals surface area contributed by atoms with Crippen LogP contribution in [0.15, 0.2) is 58.7 Å². The fourth-order valence-corrected chi connectivity index (χ4v) is 3.60. The van der Waals surface area contributed by atoms with Gasteiger partial charge in [-0.2, -0.15) is 0 Å². The molecule has 1 N–H and O–H groups in total. The average molecular weight is 430 g/mol. The number of aliphatic hydroxyl groups is 1. The minimum atomic E-state index is -0.969. The molecule has 6 nitrogen and oxygen atoms in total. The summed E-state index contributed by atoms with van der Waals surface area (Å²) in [7, 11) is 0. The number of aromatic nitrogens is 3. The molecule has 1 aromatic carbocycles. The maximum Gasteiger partial charge on any atom is 0.287 e. The highest BCUT2D eigenvalue weighted by Gasteiger charge is 2.15. The second kappa shape index (κ2) is 9.40. The van der Waals surface area contributed by atoms with Crippen LogP contribution in [0.25, 0.3) is 5.69 Å². The molecule has 3 rings (SSSR count). The van der Waals surface area contributed by atoms with Crippen molar-refractivity contribution >= 4 is 11.8 Å². The highest BCUT2D eigenvalue weighted by Crippen LogP contribution is 2.20. The molecule has 0 amide bonds. The number of halogens is 1. The summed E-state index contributed by atoms with van der Waals surface area (Å²) in [4.78, 5) is 21.3. The zero-order chi connectivity index (χ0) is 21.7. The van der Waals surface area contributed by atoms with E-state index in [-0.39, 0.29) is 18.0 Å². The Morgan fingerprint density at radius 1 is 1.27 bits per heavy atom. The maximum atomic E-state index is 13.7. The normalized spacial score (nSPS) is 11.5. The molecule has 0 saturated carbocycles. The van der Waals surface area contributed by atoms with Gasteiger partial charge < -0.3 is 9.84 Å². The number of thioether (sulfide) groups is 1. The Labute approximate surface area is 178 Å². The molecule has 0 aliphatic carbocycles. The van der Waals surface area contributed by atoms with Gasteiger partial charge in [0.1, 0.15) is 12.4 Å². The Hall–Kier alpha value is -2.71. The minimum absolute atomic E-state index is 0.109. The van der Waals surface area contributed by atoms with Gasteiger partial charge in [-0.3, -0.25) is 9.36 Å². The summed E-state index contributed by atoms with van der Waals surface area (Å²) < 4.78 is 20.8. The van der Waals surface area contributed by atoms with E-state index in [0.29, 0.717) is 34.3 Å². The Morgan fingerprint density at radius 2 is 2.03 bits per heavy atom. The Kier molecular flexibility index (Phi) is 6.89. The molecule has 0 bridgehead atoms. The summed E-state index contributed by atoms with van der Waals surface area (Å²) in [6.07, 6.45) is 5.18. The maximum absolute atomic E-state index is 13.7. The van der Waals surface area contributed by atoms with Crippen molar-refractivity contribution in [2.24, 2.45) is 0 Å². The molecule has 0 saturated heterocycles. The lowest BCUT2D eigenvalue weighted by Gasteiger charge is -2.18. The molecule has 2 heterocycles. The van der Waals surface area contributed by atoms with E-state index in [0.717, 1.165) is 5.56 Å². The largest absolute Gasteiger partial charge is 0.474 e. The monoisotopic (exact) mass is 429 g/mol. The van der Waals surface area contributed by atoms with Gasteiger partial charge in [0, 0.05) is 23.7 Å². The molecular weight excluding hydrogens is 405 g/mol. The summed E-state index contributed by atoms with van der Waals surface area (Å²) in [6, 6.07) is 8.41. The number of rotatable bonds is 8. The number of hydrogen-bond donors (Lipinski definition) is 1. The molecule has 3 aromatic rings. The molecule has 2 aromatic heterocycles. The Morgan fingerprint density at radius 3 is 2.73 bits per heavy atom. The molecule has 0 unspecified atom stereocenters. The number of ether oxygens (including phenoxy) is 1. The zero-order valence-corrected chi connectivity index (χ0v) is 17.9. The lowest BCUT2D eigenvalue weighted by molar-refractivity contribution is 0.0266. The molecule has 0 fully saturated rings. The predicted molar refractivity (Wildman–Crippen MR) is 115 cm³/mol. The smallest absolute Gasteiger partial charge is 0.287 e. The molecule has 8 heteroatoms. The van der Waals surface area contributed by atoms with Crippen LogP contribution in [0.1, 0.15) is 25.0 Å². The molecular formula is C22H24FN3O3S. The molecule has 0 aliphatic rings. The number of pyridine rings is 1. The van der Waals surface area contributed by atoms with Crippen LogP contribution in [0.5, 0.6) is 5.88 Å². The van der Waals surface area contributed by atoms with Crippen LogP contribution in [0.4, 0.5) is 4.39 Å². The molecule has 158 valence electrons. The van der Waals surface area contributed by atoms with E-state index in [2.05, 4.69) is 9.97 Å². The fraction of sp³-hybridized carbons (Fsp3) is 0.318. The third-order valence-electron chi connectivity index (χ3n) is 4.23. The second-order valence-electron chi connectivity index (χ2n) is 7.51. The predicted octanol–water partition coefficient (Wildman–Crippen LogP) is 3.56. The van der Waals surface area contributed by atoms with Crippen LogP contribution in [0.3, 0.4) is 0 Å². The first kappa shape index (κ1) is 22.0. The van der Waals surface area contributed by atoms with E-state index in [9.17, 15) is 14.3 Å². The lowest BCUT2D eigenvalue weighted by atomic mass is 10.2. The van der Waals surface area contributed by atoms with E-state index >= 15 is 0 Å². The Bertz CT molecular complexity index is 1080. The van der Waals surface area contributed by atoms with Crippen molar-refractivity contribution in [1.82, 2.24) is 14.5 Å². The van der Waals surface area contributed by atoms with E-state index in [1.54, 1.807) is 56.7 Å². The third kappa shape index (κ3) is 5.67. The van der Waals surface area contributed by atoms with Crippen molar-refractivity contribution in [2.75, 3.05) is 12.4 Å². The number of hydrogen-bond acceptors (Lipinski definition) is 6. The SMILES string of the molecule is Cc1cc(-n2ccnc(SCCc3ccccc3F)c2=O)cnc1OCC(C)(C)O. The van der Waals surface area contributed by atoms with Crippen molar-refractivity contribution in [1.29, 1.82) is 0 Å². The van der Waals surface area contributed by atoms with Gasteiger partial charge in [0.15, 0.2) is 5.03 Å². The van der Waals surface area contributed by atoms with Gasteiger partial charge in [0.2, 0.25) is 5.88 Å². The van der Waals surface area contributed by atoms with E-state index in [4.69, 9.17) is 4.74 Å². The van der Waals surface area contributed by atoms with Crippen molar-refractivity contribution in [3.63, 3.8) is 0 Å². The highest BCUT2D eigenvalue weighted by atomic mass is 32.2. The molecule has 0 spiro atoms. The molecule has 0 aliphatic heterocycles. The fourth-order valence-electron chi connectivity index (χ4n) is 2.73. The number of nitrogens with zero attached hydrogens (tertiary/aromatic N) is 3. The summed E-state index contributed by atoms with van der Waals surface area (Å²) in [6.45, 7) is 5.24. The summed E-state index contributed by atoms with van der Waals surface area (Å²) in [5, 5.41) is 10.1. The molecule has 0 radical (unpaired) electrons. The van der Waals surface area contributed by atoms with Crippen LogP contribution < -0.4 is 10.3 Å². The van der Waals surface area contributed by atoms with Gasteiger partial charge in [-0.15, -0.1) is 11.8 Å². The first-order valence-corrected chi connectivity index (χ1v) is 10.5. The average Bonchev–Trinajstić information content (AvgIpc) is 2.69. The van der Waals surface area contributed by atoms with E-state index < -0.39 is 5.60 Å². The zero-order valence-electron chi connectivity index (χ0n) is 17.1. The topological polar surface area (TPSA) is 77.2 Å². The van der Waals surface area contributed by atoms with E-state index in [1.165, 1.54) is 22.4 Å². The van der Waals surface area contributed by atoms with Gasteiger partial charge in [-0.05, 0) is 44.9 Å². The number of aryl methyl sites for hydroxylation is 2. The van der Waals surface area contributed by atoms with Crippen LogP contribution in [-0.2, 0) is 6.42 Å². The van der Waals surface area contributed by atoms with Crippen LogP contribution >= 0.6 is 11.8 Å². The molecule has 30 heavy (non-hydrogen) atoms. The van der Waals surface area contributed by atoms with Crippen molar-refractivity contribution in [3.8, 4) is 11.6 Å². The van der Waals surface area contributed by atoms with Gasteiger partial charge in [0.05, 0.1) is 17.5 Å². The van der Waals surface area contributed by atoms with Gasteiger partial charge in [0.25, 0.3) is 5.56 Å². The first-order valence-electron chi connectivity index (χ1n) is 9.51. The number of benzene rings is 1. The van der Waals surface area contributed by atoms with Gasteiger partial charge >= 0.3 is 0 Å². The Balaban J connectivity index is 1.73. The highest BCUT2D eigenvalue weighted by molar-refractivity contribution is 7.99. The molecule has 0 atom stereocenters. The van der Waals surface area contributed by atoms with Crippen LogP contribution in [-0.4, -0.2) is 37.6 Å². The summed E-state index contributed by atoms with van der Waals surface area (Å²) in [5.41, 5.74) is 0.717. The first-order chi connectivity index (χ1) is 14.2. The van der Waals surface area contributed by atoms with Crippen LogP contribution in [0, 0.1) is 12.7 Å². The van der Waals surface area contributed by atoms with Crippen molar-refractivity contribution < 1.29 is 14.2 Å². The van der Waals surface area contributed by atoms with Gasteiger partial charge in [-0.1, -0.05) is 18.2 Å².